The molecule has 1 unspecified atom stereocenters. The van der Waals surface area contributed by atoms with Crippen molar-refractivity contribution >= 4 is 45.0 Å². The number of carboxylic acids is 1. The predicted octanol–water partition coefficient (Wildman–Crippen LogP) is 3.81. The largest absolute Gasteiger partial charge is 0.479 e. The van der Waals surface area contributed by atoms with E-state index in [0.29, 0.717) is 4.47 Å². The summed E-state index contributed by atoms with van der Waals surface area (Å²) in [5, 5.41) is 15.9. The number of pyridine rings is 1. The lowest BCUT2D eigenvalue weighted by Gasteiger charge is -2.05. The second-order valence-corrected chi connectivity index (χ2v) is 5.42. The lowest BCUT2D eigenvalue weighted by Crippen LogP contribution is -2.09. The molecule has 2 aromatic rings. The first-order chi connectivity index (χ1) is 10.5. The number of alkyl halides is 1. The number of benzene rings is 1. The number of hydrogen-bond donors (Lipinski definition) is 1. The van der Waals surface area contributed by atoms with Crippen molar-refractivity contribution in [2.24, 2.45) is 10.2 Å². The molecule has 1 aromatic heterocycles. The molecular weight excluding hydrogens is 374 g/mol. The SMILES string of the molecule is O=C(c1ccccn1)c1cc(Br)ccc1N=NC(Cl)C(=O)O. The molecule has 0 aliphatic carbocycles. The van der Waals surface area contributed by atoms with Gasteiger partial charge < -0.3 is 5.11 Å². The average molecular weight is 383 g/mol. The third-order valence-corrected chi connectivity index (χ3v) is 3.34. The standard InChI is InChI=1S/C14H9BrClN3O3/c15-8-4-5-10(18-19-13(16)14(21)22)9(7-8)12(20)11-3-1-2-6-17-11/h1-7,13H,(H,21,22). The lowest BCUT2D eigenvalue weighted by atomic mass is 10.1. The summed E-state index contributed by atoms with van der Waals surface area (Å²) in [6.45, 7) is 0. The smallest absolute Gasteiger partial charge is 0.345 e. The van der Waals surface area contributed by atoms with E-state index in [0.717, 1.165) is 0 Å². The fraction of sp³-hybridized carbons (Fsp3) is 0.0714. The molecule has 2 rings (SSSR count). The fourth-order valence-electron chi connectivity index (χ4n) is 1.57. The van der Waals surface area contributed by atoms with E-state index in [2.05, 4.69) is 31.1 Å². The quantitative estimate of drug-likeness (QED) is 0.368. The van der Waals surface area contributed by atoms with Gasteiger partial charge in [0.05, 0.1) is 11.3 Å². The summed E-state index contributed by atoms with van der Waals surface area (Å²) in [7, 11) is 0. The maximum Gasteiger partial charge on any atom is 0.345 e. The molecule has 0 fully saturated rings. The van der Waals surface area contributed by atoms with E-state index in [4.69, 9.17) is 16.7 Å². The van der Waals surface area contributed by atoms with Crippen molar-refractivity contribution in [3.63, 3.8) is 0 Å². The van der Waals surface area contributed by atoms with Crippen LogP contribution in [-0.2, 0) is 4.79 Å². The first-order valence-corrected chi connectivity index (χ1v) is 7.25. The molecule has 0 saturated heterocycles. The minimum absolute atomic E-state index is 0.214. The third kappa shape index (κ3) is 3.96. The van der Waals surface area contributed by atoms with Crippen LogP contribution in [-0.4, -0.2) is 27.3 Å². The van der Waals surface area contributed by atoms with Crippen LogP contribution in [0.15, 0.2) is 57.3 Å². The fourth-order valence-corrected chi connectivity index (χ4v) is 1.98. The number of carbonyl (C=O) groups is 2. The van der Waals surface area contributed by atoms with Crippen LogP contribution in [0.2, 0.25) is 0 Å². The number of aliphatic carboxylic acids is 1. The average Bonchev–Trinajstić information content (AvgIpc) is 2.53. The molecule has 1 N–H and O–H groups in total. The van der Waals surface area contributed by atoms with E-state index in [1.165, 1.54) is 12.3 Å². The Balaban J connectivity index is 2.40. The van der Waals surface area contributed by atoms with Gasteiger partial charge in [-0.25, -0.2) is 4.79 Å². The number of azo groups is 1. The Morgan fingerprint density at radius 1 is 1.27 bits per heavy atom. The van der Waals surface area contributed by atoms with Crippen molar-refractivity contribution < 1.29 is 14.7 Å². The second-order valence-electron chi connectivity index (χ2n) is 4.10. The molecule has 0 aliphatic heterocycles. The van der Waals surface area contributed by atoms with Gasteiger partial charge in [0.15, 0.2) is 0 Å². The van der Waals surface area contributed by atoms with Gasteiger partial charge in [0.2, 0.25) is 11.3 Å². The Bertz CT molecular complexity index is 737. The van der Waals surface area contributed by atoms with Gasteiger partial charge in [-0.2, -0.15) is 10.2 Å². The van der Waals surface area contributed by atoms with Gasteiger partial charge in [0.25, 0.3) is 0 Å². The number of aromatic nitrogens is 1. The summed E-state index contributed by atoms with van der Waals surface area (Å²) >= 11 is 8.75. The maximum absolute atomic E-state index is 12.5. The van der Waals surface area contributed by atoms with Crippen molar-refractivity contribution in [1.82, 2.24) is 4.98 Å². The van der Waals surface area contributed by atoms with Gasteiger partial charge in [-0.05, 0) is 30.3 Å². The molecule has 0 saturated carbocycles. The molecule has 1 atom stereocenters. The highest BCUT2D eigenvalue weighted by molar-refractivity contribution is 9.10. The van der Waals surface area contributed by atoms with Crippen molar-refractivity contribution in [1.29, 1.82) is 0 Å². The number of hydrogen-bond acceptors (Lipinski definition) is 5. The van der Waals surface area contributed by atoms with Crippen molar-refractivity contribution in [3.8, 4) is 0 Å². The molecule has 0 bridgehead atoms. The van der Waals surface area contributed by atoms with Gasteiger partial charge in [-0.3, -0.25) is 9.78 Å². The van der Waals surface area contributed by atoms with Gasteiger partial charge in [-0.1, -0.05) is 33.6 Å². The molecule has 112 valence electrons. The number of rotatable bonds is 5. The molecule has 0 radical (unpaired) electrons. The summed E-state index contributed by atoms with van der Waals surface area (Å²) in [5.41, 5.74) is -0.809. The highest BCUT2D eigenvalue weighted by Gasteiger charge is 2.17. The summed E-state index contributed by atoms with van der Waals surface area (Å²) in [4.78, 5) is 27.1. The number of halogens is 2. The molecule has 6 nitrogen and oxygen atoms in total. The first kappa shape index (κ1) is 16.3. The van der Waals surface area contributed by atoms with Crippen LogP contribution in [0, 0.1) is 0 Å². The van der Waals surface area contributed by atoms with Crippen LogP contribution in [0.3, 0.4) is 0 Å². The van der Waals surface area contributed by atoms with Gasteiger partial charge in [0.1, 0.15) is 5.69 Å². The Kier molecular flexibility index (Phi) is 5.35. The van der Waals surface area contributed by atoms with E-state index < -0.39 is 11.5 Å². The summed E-state index contributed by atoms with van der Waals surface area (Å²) in [5.74, 6) is -1.67. The molecule has 8 heteroatoms. The first-order valence-electron chi connectivity index (χ1n) is 6.02. The zero-order valence-electron chi connectivity index (χ0n) is 11.0. The highest BCUT2D eigenvalue weighted by atomic mass is 79.9. The number of nitrogens with zero attached hydrogens (tertiary/aromatic N) is 3. The van der Waals surface area contributed by atoms with Crippen molar-refractivity contribution in [3.05, 3.63) is 58.3 Å². The van der Waals surface area contributed by atoms with E-state index in [-0.39, 0.29) is 22.7 Å². The third-order valence-electron chi connectivity index (χ3n) is 2.57. The predicted molar refractivity (Wildman–Crippen MR) is 83.6 cm³/mol. The van der Waals surface area contributed by atoms with Crippen molar-refractivity contribution in [2.45, 2.75) is 5.50 Å². The molecule has 22 heavy (non-hydrogen) atoms. The molecule has 0 spiro atoms. The topological polar surface area (TPSA) is 92.0 Å². The van der Waals surface area contributed by atoms with Crippen LogP contribution in [0.1, 0.15) is 16.1 Å². The molecular formula is C14H9BrClN3O3. The van der Waals surface area contributed by atoms with E-state index >= 15 is 0 Å². The Labute approximate surface area is 139 Å². The summed E-state index contributed by atoms with van der Waals surface area (Å²) in [6.07, 6.45) is 1.51. The highest BCUT2D eigenvalue weighted by Crippen LogP contribution is 2.26. The van der Waals surface area contributed by atoms with Crippen LogP contribution in [0.25, 0.3) is 0 Å². The molecule has 0 aliphatic rings. The number of carboxylic acid groups (broad SMARTS) is 1. The zero-order chi connectivity index (χ0) is 16.1. The maximum atomic E-state index is 12.5. The number of carbonyl (C=O) groups excluding carboxylic acids is 1. The van der Waals surface area contributed by atoms with Crippen LogP contribution >= 0.6 is 27.5 Å². The van der Waals surface area contributed by atoms with E-state index in [1.54, 1.807) is 30.3 Å². The minimum atomic E-state index is -1.51. The van der Waals surface area contributed by atoms with Crippen molar-refractivity contribution in [2.75, 3.05) is 0 Å². The summed E-state index contributed by atoms with van der Waals surface area (Å²) in [6, 6.07) is 9.73. The van der Waals surface area contributed by atoms with Crippen LogP contribution in [0.5, 0.6) is 0 Å². The minimum Gasteiger partial charge on any atom is -0.479 e. The van der Waals surface area contributed by atoms with Crippen LogP contribution < -0.4 is 0 Å². The van der Waals surface area contributed by atoms with E-state index in [9.17, 15) is 9.59 Å². The van der Waals surface area contributed by atoms with E-state index in [1.807, 2.05) is 0 Å². The van der Waals surface area contributed by atoms with Crippen LogP contribution in [0.4, 0.5) is 5.69 Å². The Hall–Kier alpha value is -2.12. The van der Waals surface area contributed by atoms with Gasteiger partial charge in [-0.15, -0.1) is 0 Å². The zero-order valence-corrected chi connectivity index (χ0v) is 13.3. The molecule has 1 aromatic carbocycles. The normalized spacial score (nSPS) is 12.3. The molecule has 0 amide bonds. The number of ketones is 1. The second kappa shape index (κ2) is 7.24. The van der Waals surface area contributed by atoms with Gasteiger partial charge in [0, 0.05) is 10.7 Å². The van der Waals surface area contributed by atoms with Gasteiger partial charge >= 0.3 is 5.97 Å². The Morgan fingerprint density at radius 3 is 2.68 bits per heavy atom. The summed E-state index contributed by atoms with van der Waals surface area (Å²) < 4.78 is 0.673. The monoisotopic (exact) mass is 381 g/mol. The Morgan fingerprint density at radius 2 is 2.05 bits per heavy atom. The molecule has 1 heterocycles. The lowest BCUT2D eigenvalue weighted by molar-refractivity contribution is -0.136.